The number of rotatable bonds is 9. The summed E-state index contributed by atoms with van der Waals surface area (Å²) >= 11 is 0. The van der Waals surface area contributed by atoms with Crippen molar-refractivity contribution in [1.29, 1.82) is 0 Å². The molecule has 4 rings (SSSR count). The third-order valence-corrected chi connectivity index (χ3v) is 6.43. The summed E-state index contributed by atoms with van der Waals surface area (Å²) in [5.41, 5.74) is 5.31. The predicted molar refractivity (Wildman–Crippen MR) is 135 cm³/mol. The van der Waals surface area contributed by atoms with Crippen LogP contribution >= 0.6 is 0 Å². The number of carbonyl (C=O) groups excluding carboxylic acids is 1. The molecule has 0 fully saturated rings. The molecule has 0 atom stereocenters. The second-order valence-corrected chi connectivity index (χ2v) is 8.79. The van der Waals surface area contributed by atoms with Crippen molar-refractivity contribution in [2.75, 3.05) is 7.11 Å². The smallest absolute Gasteiger partial charge is 0.278 e. The molecule has 1 N–H and O–H groups in total. The largest absolute Gasteiger partial charge is 0.496 e. The van der Waals surface area contributed by atoms with Crippen LogP contribution in [-0.2, 0) is 24.3 Å². The van der Waals surface area contributed by atoms with Gasteiger partial charge in [0.1, 0.15) is 5.75 Å². The number of hydrogen-bond acceptors (Lipinski definition) is 2. The molecule has 1 amide bonds. The number of methoxy groups -OCH3 is 1. The van der Waals surface area contributed by atoms with Gasteiger partial charge in [0, 0.05) is 36.0 Å². The minimum absolute atomic E-state index is 0.00960. The summed E-state index contributed by atoms with van der Waals surface area (Å²) in [7, 11) is 1.58. The predicted octanol–water partition coefficient (Wildman–Crippen LogP) is 6.50. The summed E-state index contributed by atoms with van der Waals surface area (Å²) < 4.78 is 35.9. The zero-order chi connectivity index (χ0) is 24.9. The van der Waals surface area contributed by atoms with E-state index in [4.69, 9.17) is 4.74 Å². The van der Waals surface area contributed by atoms with E-state index < -0.39 is 6.43 Å². The lowest BCUT2D eigenvalue weighted by Crippen LogP contribution is -2.23. The quantitative estimate of drug-likeness (QED) is 0.300. The highest BCUT2D eigenvalue weighted by Crippen LogP contribution is 2.35. The molecule has 182 valence electrons. The Labute approximate surface area is 204 Å². The maximum Gasteiger partial charge on any atom is 0.278 e. The van der Waals surface area contributed by atoms with Crippen LogP contribution in [0.3, 0.4) is 0 Å². The van der Waals surface area contributed by atoms with Gasteiger partial charge in [-0.15, -0.1) is 0 Å². The van der Waals surface area contributed by atoms with E-state index in [0.29, 0.717) is 24.4 Å². The van der Waals surface area contributed by atoms with Crippen LogP contribution in [0, 0.1) is 13.8 Å². The van der Waals surface area contributed by atoms with E-state index in [0.717, 1.165) is 33.2 Å². The van der Waals surface area contributed by atoms with Crippen molar-refractivity contribution in [2.45, 2.75) is 46.2 Å². The molecule has 4 aromatic rings. The number of halogens is 2. The first-order valence-electron chi connectivity index (χ1n) is 11.7. The lowest BCUT2D eigenvalue weighted by atomic mass is 10.0. The number of ether oxygens (including phenoxy) is 1. The Bertz CT molecular complexity index is 1340. The number of carbonyl (C=O) groups is 1. The number of para-hydroxylation sites is 2. The van der Waals surface area contributed by atoms with Crippen LogP contribution in [0.5, 0.6) is 5.75 Å². The highest BCUT2D eigenvalue weighted by molar-refractivity contribution is 5.87. The number of alkyl halides is 2. The summed E-state index contributed by atoms with van der Waals surface area (Å²) in [6.45, 7) is 4.67. The number of hydrogen-bond donors (Lipinski definition) is 1. The van der Waals surface area contributed by atoms with Crippen LogP contribution in [0.25, 0.3) is 10.9 Å². The van der Waals surface area contributed by atoms with Crippen molar-refractivity contribution < 1.29 is 18.3 Å². The van der Waals surface area contributed by atoms with Gasteiger partial charge in [0.05, 0.1) is 12.8 Å². The van der Waals surface area contributed by atoms with Gasteiger partial charge >= 0.3 is 0 Å². The van der Waals surface area contributed by atoms with Gasteiger partial charge in [-0.1, -0.05) is 60.2 Å². The zero-order valence-corrected chi connectivity index (χ0v) is 20.3. The fraction of sp³-hybridized carbons (Fsp3) is 0.276. The number of aromatic nitrogens is 1. The highest BCUT2D eigenvalue weighted by Gasteiger charge is 2.24. The second kappa shape index (κ2) is 10.7. The van der Waals surface area contributed by atoms with Crippen molar-refractivity contribution in [2.24, 2.45) is 0 Å². The first-order valence-corrected chi connectivity index (χ1v) is 11.7. The Morgan fingerprint density at radius 3 is 2.51 bits per heavy atom. The Kier molecular flexibility index (Phi) is 7.49. The summed E-state index contributed by atoms with van der Waals surface area (Å²) in [5.74, 6) is 0.504. The van der Waals surface area contributed by atoms with E-state index in [1.165, 1.54) is 0 Å². The Balaban J connectivity index is 1.59. The van der Waals surface area contributed by atoms with Gasteiger partial charge in [-0.2, -0.15) is 0 Å². The molecule has 1 aromatic heterocycles. The van der Waals surface area contributed by atoms with Crippen LogP contribution in [0.2, 0.25) is 0 Å². The number of nitrogens with zero attached hydrogens (tertiary/aromatic N) is 1. The van der Waals surface area contributed by atoms with Gasteiger partial charge < -0.3 is 14.6 Å². The minimum atomic E-state index is -2.65. The molecule has 0 unspecified atom stereocenters. The minimum Gasteiger partial charge on any atom is -0.496 e. The first-order chi connectivity index (χ1) is 16.9. The van der Waals surface area contributed by atoms with Crippen LogP contribution in [-0.4, -0.2) is 17.6 Å². The SMILES string of the molecule is COc1ccccc1CNC(=O)CCc1c(C(F)F)n(Cc2cc(C)ccc2C)c2ccccc12. The topological polar surface area (TPSA) is 43.3 Å². The van der Waals surface area contributed by atoms with Gasteiger partial charge in [0.2, 0.25) is 5.91 Å². The molecule has 0 bridgehead atoms. The Morgan fingerprint density at radius 2 is 1.74 bits per heavy atom. The summed E-state index contributed by atoms with van der Waals surface area (Å²) in [6.07, 6.45) is -2.30. The van der Waals surface area contributed by atoms with Crippen LogP contribution in [0.15, 0.2) is 66.7 Å². The molecule has 4 nitrogen and oxygen atoms in total. The third kappa shape index (κ3) is 5.37. The molecule has 0 aliphatic rings. The molecule has 35 heavy (non-hydrogen) atoms. The molecule has 0 saturated heterocycles. The lowest BCUT2D eigenvalue weighted by Gasteiger charge is -2.14. The molecular weight excluding hydrogens is 446 g/mol. The van der Waals surface area contributed by atoms with E-state index in [-0.39, 0.29) is 24.4 Å². The van der Waals surface area contributed by atoms with Crippen LogP contribution in [0.4, 0.5) is 8.78 Å². The maximum absolute atomic E-state index is 14.5. The fourth-order valence-corrected chi connectivity index (χ4v) is 4.59. The Hall–Kier alpha value is -3.67. The van der Waals surface area contributed by atoms with E-state index in [2.05, 4.69) is 5.32 Å². The molecule has 0 aliphatic heterocycles. The number of amides is 1. The van der Waals surface area contributed by atoms with Crippen molar-refractivity contribution >= 4 is 16.8 Å². The van der Waals surface area contributed by atoms with Gasteiger partial charge in [-0.3, -0.25) is 4.79 Å². The summed E-state index contributed by atoms with van der Waals surface area (Å²) in [5, 5.41) is 3.66. The number of aryl methyl sites for hydroxylation is 3. The number of nitrogens with one attached hydrogen (secondary N) is 1. The molecular formula is C29H30F2N2O2. The normalized spacial score (nSPS) is 11.3. The maximum atomic E-state index is 14.5. The van der Waals surface area contributed by atoms with Gasteiger partial charge in [0.15, 0.2) is 0 Å². The molecule has 1 heterocycles. The second-order valence-electron chi connectivity index (χ2n) is 8.79. The van der Waals surface area contributed by atoms with E-state index in [1.54, 1.807) is 11.7 Å². The van der Waals surface area contributed by atoms with Crippen molar-refractivity contribution in [3.8, 4) is 5.75 Å². The molecule has 0 spiro atoms. The van der Waals surface area contributed by atoms with E-state index >= 15 is 0 Å². The van der Waals surface area contributed by atoms with Crippen molar-refractivity contribution in [3.63, 3.8) is 0 Å². The molecule has 6 heteroatoms. The van der Waals surface area contributed by atoms with E-state index in [9.17, 15) is 13.6 Å². The highest BCUT2D eigenvalue weighted by atomic mass is 19.3. The van der Waals surface area contributed by atoms with Gasteiger partial charge in [-0.05, 0) is 49.1 Å². The fourth-order valence-electron chi connectivity index (χ4n) is 4.59. The van der Waals surface area contributed by atoms with Gasteiger partial charge in [0.25, 0.3) is 6.43 Å². The van der Waals surface area contributed by atoms with Crippen LogP contribution < -0.4 is 10.1 Å². The lowest BCUT2D eigenvalue weighted by molar-refractivity contribution is -0.121. The first kappa shape index (κ1) is 24.5. The van der Waals surface area contributed by atoms with Crippen molar-refractivity contribution in [3.05, 3.63) is 100 Å². The van der Waals surface area contributed by atoms with E-state index in [1.807, 2.05) is 80.6 Å². The summed E-state index contributed by atoms with van der Waals surface area (Å²) in [4.78, 5) is 12.6. The summed E-state index contributed by atoms with van der Waals surface area (Å²) in [6, 6.07) is 21.0. The molecule has 0 saturated carbocycles. The van der Waals surface area contributed by atoms with Crippen LogP contribution in [0.1, 0.15) is 46.4 Å². The number of fused-ring (bicyclic) bond motifs is 1. The molecule has 0 radical (unpaired) electrons. The monoisotopic (exact) mass is 476 g/mol. The van der Waals surface area contributed by atoms with Gasteiger partial charge in [-0.25, -0.2) is 8.78 Å². The molecule has 3 aromatic carbocycles. The van der Waals surface area contributed by atoms with Crippen molar-refractivity contribution in [1.82, 2.24) is 9.88 Å². The number of benzene rings is 3. The zero-order valence-electron chi connectivity index (χ0n) is 20.3. The average molecular weight is 477 g/mol. The Morgan fingerprint density at radius 1 is 1.00 bits per heavy atom. The average Bonchev–Trinajstić information content (AvgIpc) is 3.17. The third-order valence-electron chi connectivity index (χ3n) is 6.43. The molecule has 0 aliphatic carbocycles. The standard InChI is InChI=1S/C29H30F2N2O2/c1-19-12-13-20(2)22(16-19)18-33-25-10-6-5-9-23(25)24(28(33)29(30)31)14-15-27(34)32-17-21-8-4-7-11-26(21)35-3/h4-13,16,29H,14-15,17-18H2,1-3H3,(H,32,34).